The van der Waals surface area contributed by atoms with Gasteiger partial charge in [0.25, 0.3) is 5.91 Å². The van der Waals surface area contributed by atoms with Gasteiger partial charge in [0.2, 0.25) is 0 Å². The second kappa shape index (κ2) is 6.49. The molecule has 4 nitrogen and oxygen atoms in total. The maximum Gasteiger partial charge on any atom is 0.264 e. The molecule has 0 aromatic heterocycles. The largest absolute Gasteiger partial charge is 0.375 e. The van der Waals surface area contributed by atoms with Gasteiger partial charge in [0.1, 0.15) is 5.78 Å². The van der Waals surface area contributed by atoms with Crippen molar-refractivity contribution in [1.82, 2.24) is 0 Å². The molecule has 1 aliphatic heterocycles. The second-order valence-electron chi connectivity index (χ2n) is 6.09. The van der Waals surface area contributed by atoms with Crippen LogP contribution in [0.5, 0.6) is 0 Å². The molecule has 0 spiro atoms. The molecule has 0 aliphatic carbocycles. The van der Waals surface area contributed by atoms with Crippen molar-refractivity contribution in [1.29, 1.82) is 0 Å². The summed E-state index contributed by atoms with van der Waals surface area (Å²) in [7, 11) is 0. The zero-order valence-corrected chi connectivity index (χ0v) is 14.9. The molecule has 1 unspecified atom stereocenters. The Morgan fingerprint density at radius 3 is 2.58 bits per heavy atom. The number of hydrogen-bond acceptors (Lipinski definition) is 3. The molecule has 0 radical (unpaired) electrons. The predicted molar refractivity (Wildman–Crippen MR) is 95.8 cm³/mol. The highest BCUT2D eigenvalue weighted by Crippen LogP contribution is 2.43. The van der Waals surface area contributed by atoms with Crippen LogP contribution in [-0.2, 0) is 21.6 Å². The number of carbonyl (C=O) groups excluding carboxylic acids is 2. The number of amides is 1. The fourth-order valence-corrected chi connectivity index (χ4v) is 3.52. The molecular formula is C19H18BrNO3. The lowest BCUT2D eigenvalue weighted by Crippen LogP contribution is -2.42. The minimum atomic E-state index is -1.78. The third-order valence-corrected chi connectivity index (χ3v) is 4.76. The smallest absolute Gasteiger partial charge is 0.264 e. The Hall–Kier alpha value is -1.98. The van der Waals surface area contributed by atoms with E-state index in [2.05, 4.69) is 15.9 Å². The fourth-order valence-electron chi connectivity index (χ4n) is 3.16. The van der Waals surface area contributed by atoms with E-state index in [0.29, 0.717) is 24.2 Å². The van der Waals surface area contributed by atoms with Crippen LogP contribution >= 0.6 is 15.9 Å². The third kappa shape index (κ3) is 3.01. The fraction of sp³-hybridized carbons (Fsp3) is 0.263. The van der Waals surface area contributed by atoms with Crippen LogP contribution in [0.15, 0.2) is 53.0 Å². The minimum Gasteiger partial charge on any atom is -0.375 e. The van der Waals surface area contributed by atoms with Crippen molar-refractivity contribution in [3.05, 3.63) is 64.1 Å². The van der Waals surface area contributed by atoms with Crippen LogP contribution in [0, 0.1) is 0 Å². The van der Waals surface area contributed by atoms with Gasteiger partial charge in [0, 0.05) is 23.0 Å². The number of benzene rings is 2. The van der Waals surface area contributed by atoms with Gasteiger partial charge in [-0.05, 0) is 37.1 Å². The second-order valence-corrected chi connectivity index (χ2v) is 7.01. The van der Waals surface area contributed by atoms with Crippen molar-refractivity contribution in [3.8, 4) is 0 Å². The Morgan fingerprint density at radius 2 is 1.92 bits per heavy atom. The first-order valence-electron chi connectivity index (χ1n) is 7.79. The van der Waals surface area contributed by atoms with E-state index in [9.17, 15) is 14.7 Å². The number of ketones is 1. The molecule has 0 saturated heterocycles. The lowest BCUT2D eigenvalue weighted by molar-refractivity contribution is -0.141. The zero-order chi connectivity index (χ0) is 17.3. The van der Waals surface area contributed by atoms with E-state index in [0.717, 1.165) is 10.0 Å². The molecule has 2 aromatic carbocycles. The van der Waals surface area contributed by atoms with Gasteiger partial charge in [0.15, 0.2) is 5.60 Å². The Balaban J connectivity index is 1.94. The van der Waals surface area contributed by atoms with E-state index < -0.39 is 11.5 Å². The summed E-state index contributed by atoms with van der Waals surface area (Å²) >= 11 is 3.37. The quantitative estimate of drug-likeness (QED) is 0.856. The van der Waals surface area contributed by atoms with Crippen molar-refractivity contribution < 1.29 is 14.7 Å². The van der Waals surface area contributed by atoms with Crippen molar-refractivity contribution in [3.63, 3.8) is 0 Å². The molecule has 24 heavy (non-hydrogen) atoms. The molecule has 124 valence electrons. The van der Waals surface area contributed by atoms with Crippen LogP contribution in [0.4, 0.5) is 5.69 Å². The SMILES string of the molecule is CC(=O)CC1(O)C(=O)N(CCc2ccccc2)c2ccc(Br)cc21. The lowest BCUT2D eigenvalue weighted by atomic mass is 9.90. The number of carbonyl (C=O) groups is 2. The van der Waals surface area contributed by atoms with Crippen molar-refractivity contribution >= 4 is 33.3 Å². The Morgan fingerprint density at radius 1 is 1.21 bits per heavy atom. The van der Waals surface area contributed by atoms with Crippen LogP contribution in [0.1, 0.15) is 24.5 Å². The summed E-state index contributed by atoms with van der Waals surface area (Å²) in [6.45, 7) is 1.84. The first-order chi connectivity index (χ1) is 11.4. The summed E-state index contributed by atoms with van der Waals surface area (Å²) in [5.41, 5.74) is 0.501. The van der Waals surface area contributed by atoms with E-state index in [1.165, 1.54) is 6.92 Å². The van der Waals surface area contributed by atoms with Crippen LogP contribution in [-0.4, -0.2) is 23.3 Å². The number of hydrogen-bond donors (Lipinski definition) is 1. The minimum absolute atomic E-state index is 0.211. The van der Waals surface area contributed by atoms with Gasteiger partial charge in [-0.2, -0.15) is 0 Å². The number of nitrogens with zero attached hydrogens (tertiary/aromatic N) is 1. The molecule has 0 fully saturated rings. The highest BCUT2D eigenvalue weighted by molar-refractivity contribution is 9.10. The summed E-state index contributed by atoms with van der Waals surface area (Å²) in [5.74, 6) is -0.650. The third-order valence-electron chi connectivity index (χ3n) is 4.27. The van der Waals surface area contributed by atoms with Crippen LogP contribution in [0.2, 0.25) is 0 Å². The molecule has 0 saturated carbocycles. The van der Waals surface area contributed by atoms with E-state index in [1.807, 2.05) is 36.4 Å². The molecule has 1 atom stereocenters. The monoisotopic (exact) mass is 387 g/mol. The molecule has 5 heteroatoms. The van der Waals surface area contributed by atoms with Gasteiger partial charge < -0.3 is 10.0 Å². The van der Waals surface area contributed by atoms with Crippen LogP contribution < -0.4 is 4.90 Å². The average molecular weight is 388 g/mol. The average Bonchev–Trinajstić information content (AvgIpc) is 2.74. The summed E-state index contributed by atoms with van der Waals surface area (Å²) < 4.78 is 0.765. The van der Waals surface area contributed by atoms with Crippen molar-refractivity contribution in [2.24, 2.45) is 0 Å². The maximum absolute atomic E-state index is 12.9. The molecule has 1 N–H and O–H groups in total. The number of halogens is 1. The van der Waals surface area contributed by atoms with Gasteiger partial charge >= 0.3 is 0 Å². The number of aliphatic hydroxyl groups is 1. The molecular weight excluding hydrogens is 370 g/mol. The Bertz CT molecular complexity index is 790. The van der Waals surface area contributed by atoms with E-state index in [-0.39, 0.29) is 12.2 Å². The summed E-state index contributed by atoms with van der Waals surface area (Å²) in [6, 6.07) is 15.2. The topological polar surface area (TPSA) is 57.6 Å². The number of anilines is 1. The normalized spacial score (nSPS) is 19.5. The van der Waals surface area contributed by atoms with Gasteiger partial charge in [-0.3, -0.25) is 9.59 Å². The maximum atomic E-state index is 12.9. The predicted octanol–water partition coefficient (Wildman–Crippen LogP) is 3.21. The number of fused-ring (bicyclic) bond motifs is 1. The first-order valence-corrected chi connectivity index (χ1v) is 8.59. The Labute approximate surface area is 149 Å². The van der Waals surface area contributed by atoms with Gasteiger partial charge in [0.05, 0.1) is 5.69 Å². The Kier molecular flexibility index (Phi) is 4.56. The zero-order valence-electron chi connectivity index (χ0n) is 13.3. The summed E-state index contributed by atoms with van der Waals surface area (Å²) in [6.07, 6.45) is 0.468. The highest BCUT2D eigenvalue weighted by Gasteiger charge is 2.50. The molecule has 1 amide bonds. The number of rotatable bonds is 5. The van der Waals surface area contributed by atoms with E-state index in [1.54, 1.807) is 17.0 Å². The molecule has 0 bridgehead atoms. The van der Waals surface area contributed by atoms with E-state index in [4.69, 9.17) is 0 Å². The van der Waals surface area contributed by atoms with Crippen LogP contribution in [0.25, 0.3) is 0 Å². The van der Waals surface area contributed by atoms with Crippen molar-refractivity contribution in [2.75, 3.05) is 11.4 Å². The van der Waals surface area contributed by atoms with Gasteiger partial charge in [-0.25, -0.2) is 0 Å². The molecule has 1 aliphatic rings. The number of Topliss-reactive ketones (excluding diaryl/α,β-unsaturated/α-hetero) is 1. The van der Waals surface area contributed by atoms with Gasteiger partial charge in [-0.1, -0.05) is 46.3 Å². The first kappa shape index (κ1) is 16.9. The molecule has 2 aromatic rings. The van der Waals surface area contributed by atoms with Crippen molar-refractivity contribution in [2.45, 2.75) is 25.4 Å². The standard InChI is InChI=1S/C19H18BrNO3/c1-13(22)12-19(24)16-11-15(20)7-8-17(16)21(18(19)23)10-9-14-5-3-2-4-6-14/h2-8,11,24H,9-10,12H2,1H3. The lowest BCUT2D eigenvalue weighted by Gasteiger charge is -2.22. The van der Waals surface area contributed by atoms with Crippen LogP contribution in [0.3, 0.4) is 0 Å². The molecule has 3 rings (SSSR count). The highest BCUT2D eigenvalue weighted by atomic mass is 79.9. The van der Waals surface area contributed by atoms with E-state index >= 15 is 0 Å². The van der Waals surface area contributed by atoms with Gasteiger partial charge in [-0.15, -0.1) is 0 Å². The summed E-state index contributed by atoms with van der Waals surface area (Å²) in [5, 5.41) is 10.9. The summed E-state index contributed by atoms with van der Waals surface area (Å²) in [4.78, 5) is 26.0. The molecule has 1 heterocycles.